The lowest BCUT2D eigenvalue weighted by atomic mass is 10.2. The van der Waals surface area contributed by atoms with Crippen molar-refractivity contribution in [3.8, 4) is 6.07 Å². The van der Waals surface area contributed by atoms with Gasteiger partial charge in [-0.05, 0) is 35.9 Å². The van der Waals surface area contributed by atoms with Crippen molar-refractivity contribution >= 4 is 22.4 Å². The van der Waals surface area contributed by atoms with E-state index >= 15 is 0 Å². The minimum Gasteiger partial charge on any atom is -0.254 e. The van der Waals surface area contributed by atoms with Crippen LogP contribution in [-0.4, -0.2) is 4.21 Å². The first-order valence-corrected chi connectivity index (χ1v) is 7.23. The molecule has 2 nitrogen and oxygen atoms in total. The zero-order valence-corrected chi connectivity index (χ0v) is 11.6. The number of benzene rings is 2. The van der Waals surface area contributed by atoms with Gasteiger partial charge in [0.15, 0.2) is 11.6 Å². The van der Waals surface area contributed by atoms with Crippen LogP contribution in [0, 0.1) is 23.0 Å². The molecule has 0 bridgehead atoms. The first kappa shape index (κ1) is 14.6. The van der Waals surface area contributed by atoms with Crippen LogP contribution in [0.4, 0.5) is 8.78 Å². The van der Waals surface area contributed by atoms with Crippen molar-refractivity contribution in [1.29, 1.82) is 5.26 Å². The Morgan fingerprint density at radius 1 is 1.15 bits per heavy atom. The van der Waals surface area contributed by atoms with Crippen molar-refractivity contribution in [2.75, 3.05) is 0 Å². The van der Waals surface area contributed by atoms with Crippen LogP contribution in [-0.2, 0) is 16.6 Å². The second-order valence-electron chi connectivity index (χ2n) is 3.98. The second kappa shape index (κ2) is 6.12. The number of hydrogen-bond acceptors (Lipinski definition) is 2. The molecular weight excluding hydrogens is 304 g/mol. The molecule has 0 N–H and O–H groups in total. The Kier molecular flexibility index (Phi) is 4.48. The summed E-state index contributed by atoms with van der Waals surface area (Å²) in [5.74, 6) is -1.96. The van der Waals surface area contributed by atoms with E-state index in [1.54, 1.807) is 12.1 Å². The topological polar surface area (TPSA) is 40.9 Å². The number of nitrogens with zero attached hydrogens (tertiary/aromatic N) is 1. The average Bonchev–Trinajstić information content (AvgIpc) is 2.43. The maximum atomic E-state index is 13.1. The molecular formula is C14H8ClF2NOS. The van der Waals surface area contributed by atoms with Crippen LogP contribution in [0.2, 0.25) is 5.02 Å². The molecule has 1 atom stereocenters. The molecule has 2 rings (SSSR count). The van der Waals surface area contributed by atoms with E-state index in [0.29, 0.717) is 16.1 Å². The fraction of sp³-hybridized carbons (Fsp3) is 0.0714. The molecule has 0 amide bonds. The fourth-order valence-electron chi connectivity index (χ4n) is 1.58. The van der Waals surface area contributed by atoms with Gasteiger partial charge < -0.3 is 0 Å². The summed E-state index contributed by atoms with van der Waals surface area (Å²) in [6.07, 6.45) is 0. The normalized spacial score (nSPS) is 11.9. The summed E-state index contributed by atoms with van der Waals surface area (Å²) in [4.78, 5) is 0.185. The molecule has 0 saturated heterocycles. The number of hydrogen-bond donors (Lipinski definition) is 0. The summed E-state index contributed by atoms with van der Waals surface area (Å²) in [6.45, 7) is 0. The molecule has 0 aliphatic carbocycles. The van der Waals surface area contributed by atoms with E-state index in [9.17, 15) is 13.0 Å². The molecule has 0 saturated carbocycles. The van der Waals surface area contributed by atoms with E-state index in [2.05, 4.69) is 0 Å². The van der Waals surface area contributed by atoms with Crippen LogP contribution < -0.4 is 0 Å². The number of rotatable bonds is 3. The van der Waals surface area contributed by atoms with Gasteiger partial charge in [0.05, 0.1) is 28.2 Å². The molecule has 0 aliphatic rings. The smallest absolute Gasteiger partial charge is 0.160 e. The third kappa shape index (κ3) is 3.21. The summed E-state index contributed by atoms with van der Waals surface area (Å²) >= 11 is 5.98. The summed E-state index contributed by atoms with van der Waals surface area (Å²) in [6, 6.07) is 9.68. The largest absolute Gasteiger partial charge is 0.254 e. The van der Waals surface area contributed by atoms with Gasteiger partial charge in [-0.15, -0.1) is 0 Å². The van der Waals surface area contributed by atoms with Gasteiger partial charge in [-0.1, -0.05) is 17.7 Å². The van der Waals surface area contributed by atoms with E-state index in [1.165, 1.54) is 12.1 Å². The second-order valence-corrected chi connectivity index (χ2v) is 5.84. The molecule has 0 heterocycles. The van der Waals surface area contributed by atoms with Crippen LogP contribution in [0.25, 0.3) is 0 Å². The lowest BCUT2D eigenvalue weighted by Crippen LogP contribution is -1.99. The first-order valence-electron chi connectivity index (χ1n) is 5.53. The third-order valence-corrected chi connectivity index (χ3v) is 4.33. The van der Waals surface area contributed by atoms with Gasteiger partial charge in [0.25, 0.3) is 0 Å². The van der Waals surface area contributed by atoms with Crippen LogP contribution in [0.1, 0.15) is 11.1 Å². The van der Waals surface area contributed by atoms with Crippen molar-refractivity contribution in [1.82, 2.24) is 0 Å². The predicted octanol–water partition coefficient (Wildman–Crippen LogP) is 3.80. The van der Waals surface area contributed by atoms with Gasteiger partial charge in [-0.3, -0.25) is 4.21 Å². The van der Waals surface area contributed by atoms with Gasteiger partial charge in [0.2, 0.25) is 0 Å². The zero-order chi connectivity index (χ0) is 14.7. The molecule has 2 aromatic rings. The predicted molar refractivity (Wildman–Crippen MR) is 72.6 cm³/mol. The summed E-state index contributed by atoms with van der Waals surface area (Å²) in [7, 11) is -1.55. The van der Waals surface area contributed by atoms with Crippen molar-refractivity contribution in [2.24, 2.45) is 0 Å². The highest BCUT2D eigenvalue weighted by Crippen LogP contribution is 2.22. The molecule has 0 spiro atoms. The fourth-order valence-corrected chi connectivity index (χ4v) is 3.06. The first-order chi connectivity index (χ1) is 9.51. The van der Waals surface area contributed by atoms with Crippen molar-refractivity contribution in [2.45, 2.75) is 10.6 Å². The van der Waals surface area contributed by atoms with Crippen LogP contribution in [0.5, 0.6) is 0 Å². The SMILES string of the molecule is N#Cc1ccc(CS(=O)c2ccc(F)c(F)c2)c(Cl)c1. The van der Waals surface area contributed by atoms with E-state index in [-0.39, 0.29) is 10.6 Å². The van der Waals surface area contributed by atoms with Crippen molar-refractivity contribution in [3.05, 3.63) is 64.2 Å². The van der Waals surface area contributed by atoms with E-state index in [0.717, 1.165) is 12.1 Å². The maximum Gasteiger partial charge on any atom is 0.160 e. The Bertz CT molecular complexity index is 728. The van der Waals surface area contributed by atoms with Crippen LogP contribution in [0.15, 0.2) is 41.3 Å². The number of halogens is 3. The highest BCUT2D eigenvalue weighted by Gasteiger charge is 2.11. The van der Waals surface area contributed by atoms with E-state index in [4.69, 9.17) is 16.9 Å². The molecule has 6 heteroatoms. The maximum absolute atomic E-state index is 13.1. The summed E-state index contributed by atoms with van der Waals surface area (Å²) < 4.78 is 38.0. The lowest BCUT2D eigenvalue weighted by Gasteiger charge is -2.05. The van der Waals surface area contributed by atoms with Gasteiger partial charge in [-0.25, -0.2) is 8.78 Å². The van der Waals surface area contributed by atoms with Gasteiger partial charge in [0, 0.05) is 9.92 Å². The molecule has 1 unspecified atom stereocenters. The van der Waals surface area contributed by atoms with Crippen LogP contribution in [0.3, 0.4) is 0 Å². The van der Waals surface area contributed by atoms with Gasteiger partial charge in [-0.2, -0.15) is 5.26 Å². The highest BCUT2D eigenvalue weighted by atomic mass is 35.5. The quantitative estimate of drug-likeness (QED) is 0.865. The van der Waals surface area contributed by atoms with Crippen molar-refractivity contribution in [3.63, 3.8) is 0 Å². The van der Waals surface area contributed by atoms with Gasteiger partial charge >= 0.3 is 0 Å². The standard InChI is InChI=1S/C14H8ClF2NOS/c15-12-5-9(7-18)1-2-10(12)8-20(19)11-3-4-13(16)14(17)6-11/h1-6H,8H2. The minimum atomic E-state index is -1.55. The Balaban J connectivity index is 2.23. The lowest BCUT2D eigenvalue weighted by molar-refractivity contribution is 0.505. The van der Waals surface area contributed by atoms with E-state index < -0.39 is 22.4 Å². The van der Waals surface area contributed by atoms with Gasteiger partial charge in [0.1, 0.15) is 0 Å². The highest BCUT2D eigenvalue weighted by molar-refractivity contribution is 7.84. The molecule has 20 heavy (non-hydrogen) atoms. The molecule has 0 aromatic heterocycles. The Hall–Kier alpha value is -1.77. The van der Waals surface area contributed by atoms with E-state index in [1.807, 2.05) is 6.07 Å². The molecule has 0 fully saturated rings. The monoisotopic (exact) mass is 311 g/mol. The van der Waals surface area contributed by atoms with Crippen LogP contribution >= 0.6 is 11.6 Å². The molecule has 0 aliphatic heterocycles. The summed E-state index contributed by atoms with van der Waals surface area (Å²) in [5.41, 5.74) is 0.978. The van der Waals surface area contributed by atoms with Crippen molar-refractivity contribution < 1.29 is 13.0 Å². The zero-order valence-electron chi connectivity index (χ0n) is 10.1. The molecule has 0 radical (unpaired) electrons. The Labute approximate surface area is 122 Å². The summed E-state index contributed by atoms with van der Waals surface area (Å²) in [5, 5.41) is 9.04. The molecule has 102 valence electrons. The Morgan fingerprint density at radius 3 is 2.50 bits per heavy atom. The minimum absolute atomic E-state index is 0.0651. The number of nitriles is 1. The molecule has 2 aromatic carbocycles. The average molecular weight is 312 g/mol. The Morgan fingerprint density at radius 2 is 1.90 bits per heavy atom. The third-order valence-electron chi connectivity index (χ3n) is 2.62.